The predicted octanol–water partition coefficient (Wildman–Crippen LogP) is 1.41. The fourth-order valence-corrected chi connectivity index (χ4v) is 1.55. The number of ether oxygens (including phenoxy) is 1. The Balaban J connectivity index is 3.06. The average molecular weight is 224 g/mol. The summed E-state index contributed by atoms with van der Waals surface area (Å²) in [4.78, 5) is 11.4. The minimum Gasteiger partial charge on any atom is -0.507 e. The Bertz CT molecular complexity index is 385. The normalized spacial score (nSPS) is 10.2. The van der Waals surface area contributed by atoms with Gasteiger partial charge < -0.3 is 14.9 Å². The number of phenolic OH excluding ortho intramolecular Hbond substituents is 1. The second-order valence-electron chi connectivity index (χ2n) is 3.63. The Hall–Kier alpha value is -1.55. The second-order valence-corrected chi connectivity index (χ2v) is 3.63. The average Bonchev–Trinajstić information content (AvgIpc) is 2.29. The first-order valence-corrected chi connectivity index (χ1v) is 5.11. The molecule has 0 heterocycles. The van der Waals surface area contributed by atoms with Crippen LogP contribution in [0.3, 0.4) is 0 Å². The molecule has 0 aromatic heterocycles. The molecule has 1 rings (SSSR count). The molecule has 0 aliphatic heterocycles. The number of hydrogen-bond acceptors (Lipinski definition) is 4. The van der Waals surface area contributed by atoms with Gasteiger partial charge in [0.15, 0.2) is 0 Å². The van der Waals surface area contributed by atoms with Crippen molar-refractivity contribution in [3.05, 3.63) is 28.8 Å². The van der Waals surface area contributed by atoms with E-state index in [4.69, 9.17) is 5.11 Å². The first kappa shape index (κ1) is 12.5. The smallest absolute Gasteiger partial charge is 0.341 e. The molecule has 0 aliphatic carbocycles. The van der Waals surface area contributed by atoms with Crippen molar-refractivity contribution in [2.45, 2.75) is 19.8 Å². The van der Waals surface area contributed by atoms with E-state index in [9.17, 15) is 9.90 Å². The molecule has 4 nitrogen and oxygen atoms in total. The molecule has 0 radical (unpaired) electrons. The maximum atomic E-state index is 11.4. The fraction of sp³-hybridized carbons (Fsp3) is 0.417. The summed E-state index contributed by atoms with van der Waals surface area (Å²) in [7, 11) is 1.28. The molecule has 0 unspecified atom stereocenters. The maximum absolute atomic E-state index is 11.4. The Labute approximate surface area is 94.5 Å². The first-order valence-electron chi connectivity index (χ1n) is 5.11. The van der Waals surface area contributed by atoms with Crippen molar-refractivity contribution in [1.82, 2.24) is 0 Å². The number of benzene rings is 1. The van der Waals surface area contributed by atoms with Crippen molar-refractivity contribution in [2.24, 2.45) is 0 Å². The van der Waals surface area contributed by atoms with Gasteiger partial charge in [-0.25, -0.2) is 4.79 Å². The van der Waals surface area contributed by atoms with E-state index in [0.29, 0.717) is 18.4 Å². The van der Waals surface area contributed by atoms with Gasteiger partial charge >= 0.3 is 5.97 Å². The summed E-state index contributed by atoms with van der Waals surface area (Å²) in [5.74, 6) is -0.592. The molecule has 0 saturated heterocycles. The zero-order valence-electron chi connectivity index (χ0n) is 9.49. The number of esters is 1. The lowest BCUT2D eigenvalue weighted by Crippen LogP contribution is -2.04. The molecular weight excluding hydrogens is 208 g/mol. The number of carbonyl (C=O) groups excluding carboxylic acids is 1. The number of carbonyl (C=O) groups is 1. The lowest BCUT2D eigenvalue weighted by molar-refractivity contribution is 0.0597. The topological polar surface area (TPSA) is 66.8 Å². The molecule has 0 bridgehead atoms. The Morgan fingerprint density at radius 2 is 2.12 bits per heavy atom. The number of methoxy groups -OCH3 is 1. The zero-order valence-corrected chi connectivity index (χ0v) is 9.49. The van der Waals surface area contributed by atoms with Gasteiger partial charge in [0.05, 0.1) is 7.11 Å². The highest BCUT2D eigenvalue weighted by Crippen LogP contribution is 2.25. The van der Waals surface area contributed by atoms with Gasteiger partial charge in [0.25, 0.3) is 0 Å². The number of aromatic hydroxyl groups is 1. The van der Waals surface area contributed by atoms with E-state index < -0.39 is 5.97 Å². The minimum atomic E-state index is -0.550. The molecule has 0 aliphatic rings. The summed E-state index contributed by atoms with van der Waals surface area (Å²) < 4.78 is 4.58. The number of aliphatic hydroxyl groups is 1. The van der Waals surface area contributed by atoms with Crippen molar-refractivity contribution in [3.63, 3.8) is 0 Å². The minimum absolute atomic E-state index is 0.0420. The molecule has 0 atom stereocenters. The molecule has 1 aromatic rings. The Morgan fingerprint density at radius 3 is 2.69 bits per heavy atom. The zero-order chi connectivity index (χ0) is 12.1. The van der Waals surface area contributed by atoms with Crippen LogP contribution < -0.4 is 0 Å². The van der Waals surface area contributed by atoms with Crippen LogP contribution >= 0.6 is 0 Å². The van der Waals surface area contributed by atoms with Crippen LogP contribution in [0.1, 0.15) is 27.9 Å². The van der Waals surface area contributed by atoms with Gasteiger partial charge in [-0.3, -0.25) is 0 Å². The summed E-state index contributed by atoms with van der Waals surface area (Å²) in [5, 5.41) is 18.4. The molecule has 4 heteroatoms. The molecule has 16 heavy (non-hydrogen) atoms. The summed E-state index contributed by atoms with van der Waals surface area (Å²) >= 11 is 0. The van der Waals surface area contributed by atoms with Crippen molar-refractivity contribution in [3.8, 4) is 5.75 Å². The van der Waals surface area contributed by atoms with Crippen molar-refractivity contribution in [2.75, 3.05) is 13.7 Å². The maximum Gasteiger partial charge on any atom is 0.341 e. The highest BCUT2D eigenvalue weighted by molar-refractivity contribution is 5.93. The quantitative estimate of drug-likeness (QED) is 0.759. The van der Waals surface area contributed by atoms with Gasteiger partial charge in [-0.15, -0.1) is 0 Å². The SMILES string of the molecule is COC(=O)c1cc(CCCO)cc(C)c1O. The van der Waals surface area contributed by atoms with E-state index in [1.807, 2.05) is 0 Å². The third kappa shape index (κ3) is 2.73. The number of aryl methyl sites for hydroxylation is 2. The van der Waals surface area contributed by atoms with E-state index in [2.05, 4.69) is 4.74 Å². The van der Waals surface area contributed by atoms with Gasteiger partial charge in [-0.05, 0) is 37.0 Å². The van der Waals surface area contributed by atoms with Crippen LogP contribution in [0.4, 0.5) is 0 Å². The van der Waals surface area contributed by atoms with Crippen LogP contribution in [0, 0.1) is 6.92 Å². The summed E-state index contributed by atoms with van der Waals surface area (Å²) in [5.41, 5.74) is 1.72. The van der Waals surface area contributed by atoms with Gasteiger partial charge in [0.1, 0.15) is 11.3 Å². The number of aliphatic hydroxyl groups excluding tert-OH is 1. The summed E-state index contributed by atoms with van der Waals surface area (Å²) in [6.07, 6.45) is 1.30. The highest BCUT2D eigenvalue weighted by Gasteiger charge is 2.14. The van der Waals surface area contributed by atoms with Crippen LogP contribution in [0.5, 0.6) is 5.75 Å². The molecule has 0 amide bonds. The van der Waals surface area contributed by atoms with E-state index in [1.165, 1.54) is 7.11 Å². The van der Waals surface area contributed by atoms with Crippen molar-refractivity contribution >= 4 is 5.97 Å². The van der Waals surface area contributed by atoms with Crippen LogP contribution in [-0.2, 0) is 11.2 Å². The second kappa shape index (κ2) is 5.51. The number of rotatable bonds is 4. The first-order chi connectivity index (χ1) is 7.60. The molecule has 1 aromatic carbocycles. The molecule has 88 valence electrons. The monoisotopic (exact) mass is 224 g/mol. The summed E-state index contributed by atoms with van der Waals surface area (Å²) in [6.45, 7) is 1.83. The molecule has 0 fully saturated rings. The number of phenols is 1. The molecule has 2 N–H and O–H groups in total. The molecule has 0 saturated carbocycles. The van der Waals surface area contributed by atoms with E-state index in [-0.39, 0.29) is 17.9 Å². The van der Waals surface area contributed by atoms with Crippen LogP contribution in [0.15, 0.2) is 12.1 Å². The van der Waals surface area contributed by atoms with Crippen LogP contribution in [0.25, 0.3) is 0 Å². The van der Waals surface area contributed by atoms with E-state index >= 15 is 0 Å². The lowest BCUT2D eigenvalue weighted by Gasteiger charge is -2.09. The Kier molecular flexibility index (Phi) is 4.31. The van der Waals surface area contributed by atoms with E-state index in [1.54, 1.807) is 19.1 Å². The highest BCUT2D eigenvalue weighted by atomic mass is 16.5. The third-order valence-electron chi connectivity index (χ3n) is 2.39. The predicted molar refractivity (Wildman–Crippen MR) is 59.6 cm³/mol. The molecular formula is C12H16O4. The lowest BCUT2D eigenvalue weighted by atomic mass is 10.0. The molecule has 0 spiro atoms. The van der Waals surface area contributed by atoms with Crippen LogP contribution in [-0.4, -0.2) is 29.9 Å². The van der Waals surface area contributed by atoms with Crippen molar-refractivity contribution < 1.29 is 19.7 Å². The van der Waals surface area contributed by atoms with Gasteiger partial charge in [-0.2, -0.15) is 0 Å². The number of hydrogen-bond donors (Lipinski definition) is 2. The standard InChI is InChI=1S/C12H16O4/c1-8-6-9(4-3-5-13)7-10(11(8)14)12(15)16-2/h6-7,13-14H,3-5H2,1-2H3. The Morgan fingerprint density at radius 1 is 1.44 bits per heavy atom. The fourth-order valence-electron chi connectivity index (χ4n) is 1.55. The third-order valence-corrected chi connectivity index (χ3v) is 2.39. The van der Waals surface area contributed by atoms with E-state index in [0.717, 1.165) is 5.56 Å². The summed E-state index contributed by atoms with van der Waals surface area (Å²) in [6, 6.07) is 3.40. The van der Waals surface area contributed by atoms with Crippen molar-refractivity contribution in [1.29, 1.82) is 0 Å². The van der Waals surface area contributed by atoms with Gasteiger partial charge in [-0.1, -0.05) is 6.07 Å². The van der Waals surface area contributed by atoms with Crippen LogP contribution in [0.2, 0.25) is 0 Å². The largest absolute Gasteiger partial charge is 0.507 e. The van der Waals surface area contributed by atoms with Gasteiger partial charge in [0.2, 0.25) is 0 Å². The van der Waals surface area contributed by atoms with Gasteiger partial charge in [0, 0.05) is 6.61 Å².